The lowest BCUT2D eigenvalue weighted by molar-refractivity contribution is -0.143. The van der Waals surface area contributed by atoms with Gasteiger partial charge in [0.2, 0.25) is 5.88 Å². The number of carbonyl (C=O) groups is 1. The Hall–Kier alpha value is -2.67. The summed E-state index contributed by atoms with van der Waals surface area (Å²) in [6.45, 7) is 6.49. The van der Waals surface area contributed by atoms with Crippen molar-refractivity contribution in [3.8, 4) is 5.88 Å². The van der Waals surface area contributed by atoms with Crippen molar-refractivity contribution in [1.29, 1.82) is 0 Å². The average molecular weight is 467 g/mol. The number of pyridine rings is 2. The largest absolute Gasteiger partial charge is 0.480 e. The van der Waals surface area contributed by atoms with Gasteiger partial charge in [0.15, 0.2) is 0 Å². The van der Waals surface area contributed by atoms with Gasteiger partial charge < -0.3 is 15.2 Å². The van der Waals surface area contributed by atoms with E-state index in [0.29, 0.717) is 17.4 Å². The molecule has 0 spiro atoms. The number of hydrogen-bond donors (Lipinski definition) is 2. The van der Waals surface area contributed by atoms with Gasteiger partial charge in [-0.15, -0.1) is 0 Å². The fraction of sp³-hybridized carbons (Fsp3) is 0.593. The standard InChI is InChI=1S/C27H38N4O3/c1-19(2)34-26-23(11-7-16-29-26)24(27(32)33)31-17-14-20(18-31)8-4-3-5-10-22-13-12-21-9-6-15-28-25(21)30-22/h7,11-13,16,19-20,24H,3-6,8-10,14-15,17-18H2,1-2H3,(H,28,30)(H,32,33). The molecular weight excluding hydrogens is 428 g/mol. The second-order valence-electron chi connectivity index (χ2n) is 9.89. The number of aromatic nitrogens is 2. The Labute approximate surface area is 202 Å². The molecule has 184 valence electrons. The molecule has 2 aliphatic heterocycles. The predicted molar refractivity (Wildman–Crippen MR) is 133 cm³/mol. The summed E-state index contributed by atoms with van der Waals surface area (Å²) in [6, 6.07) is 7.33. The lowest BCUT2D eigenvalue weighted by Crippen LogP contribution is -2.33. The van der Waals surface area contributed by atoms with Gasteiger partial charge in [-0.1, -0.05) is 18.9 Å². The summed E-state index contributed by atoms with van der Waals surface area (Å²) in [4.78, 5) is 23.4. The highest BCUT2D eigenvalue weighted by Gasteiger charge is 2.35. The Bertz CT molecular complexity index is 965. The van der Waals surface area contributed by atoms with Gasteiger partial charge >= 0.3 is 5.97 Å². The normalized spacial score (nSPS) is 19.0. The number of nitrogens with zero attached hydrogens (tertiary/aromatic N) is 3. The van der Waals surface area contributed by atoms with E-state index < -0.39 is 12.0 Å². The summed E-state index contributed by atoms with van der Waals surface area (Å²) in [5.41, 5.74) is 3.17. The van der Waals surface area contributed by atoms with E-state index in [1.807, 2.05) is 19.9 Å². The summed E-state index contributed by atoms with van der Waals surface area (Å²) in [5, 5.41) is 13.4. The fourth-order valence-electron chi connectivity index (χ4n) is 5.18. The van der Waals surface area contributed by atoms with Gasteiger partial charge in [-0.25, -0.2) is 9.97 Å². The minimum atomic E-state index is -0.839. The summed E-state index contributed by atoms with van der Waals surface area (Å²) in [7, 11) is 0. The number of aryl methyl sites for hydroxylation is 2. The molecule has 7 nitrogen and oxygen atoms in total. The molecular formula is C27H38N4O3. The van der Waals surface area contributed by atoms with Gasteiger partial charge in [0.1, 0.15) is 11.9 Å². The molecule has 1 fully saturated rings. The Morgan fingerprint density at radius 1 is 1.26 bits per heavy atom. The maximum absolute atomic E-state index is 12.2. The maximum atomic E-state index is 12.2. The summed E-state index contributed by atoms with van der Waals surface area (Å²) < 4.78 is 5.81. The van der Waals surface area contributed by atoms with Gasteiger partial charge in [0.05, 0.1) is 6.10 Å². The topological polar surface area (TPSA) is 87.6 Å². The molecule has 1 saturated heterocycles. The van der Waals surface area contributed by atoms with Crippen LogP contribution >= 0.6 is 0 Å². The highest BCUT2D eigenvalue weighted by atomic mass is 16.5. The lowest BCUT2D eigenvalue weighted by atomic mass is 9.99. The van der Waals surface area contributed by atoms with Crippen LogP contribution in [0.2, 0.25) is 0 Å². The van der Waals surface area contributed by atoms with Crippen LogP contribution in [0.4, 0.5) is 5.82 Å². The Morgan fingerprint density at radius 2 is 2.15 bits per heavy atom. The first-order valence-electron chi connectivity index (χ1n) is 12.8. The minimum absolute atomic E-state index is 0.0535. The quantitative estimate of drug-likeness (QED) is 0.457. The molecule has 2 unspecified atom stereocenters. The van der Waals surface area contributed by atoms with E-state index >= 15 is 0 Å². The highest BCUT2D eigenvalue weighted by molar-refractivity contribution is 5.76. The van der Waals surface area contributed by atoms with E-state index in [1.54, 1.807) is 12.3 Å². The number of anilines is 1. The van der Waals surface area contributed by atoms with E-state index in [0.717, 1.165) is 57.6 Å². The van der Waals surface area contributed by atoms with Crippen LogP contribution in [0.3, 0.4) is 0 Å². The molecule has 2 atom stereocenters. The summed E-state index contributed by atoms with van der Waals surface area (Å²) in [6.07, 6.45) is 10.6. The first-order chi connectivity index (χ1) is 16.5. The summed E-state index contributed by atoms with van der Waals surface area (Å²) in [5.74, 6) is 1.21. The van der Waals surface area contributed by atoms with Crippen LogP contribution < -0.4 is 10.1 Å². The van der Waals surface area contributed by atoms with Crippen molar-refractivity contribution in [2.75, 3.05) is 25.0 Å². The molecule has 4 heterocycles. The molecule has 0 aliphatic carbocycles. The van der Waals surface area contributed by atoms with Crippen molar-refractivity contribution in [3.05, 3.63) is 47.3 Å². The van der Waals surface area contributed by atoms with E-state index in [1.165, 1.54) is 30.5 Å². The van der Waals surface area contributed by atoms with Crippen LogP contribution in [0.25, 0.3) is 0 Å². The Balaban J connectivity index is 1.24. The van der Waals surface area contributed by atoms with E-state index in [4.69, 9.17) is 9.72 Å². The highest BCUT2D eigenvalue weighted by Crippen LogP contribution is 2.34. The first-order valence-corrected chi connectivity index (χ1v) is 12.8. The van der Waals surface area contributed by atoms with Gasteiger partial charge in [-0.05, 0) is 88.6 Å². The van der Waals surface area contributed by atoms with Crippen molar-refractivity contribution in [2.24, 2.45) is 5.92 Å². The first kappa shape index (κ1) is 24.5. The third kappa shape index (κ3) is 6.26. The van der Waals surface area contributed by atoms with E-state index in [2.05, 4.69) is 27.3 Å². The van der Waals surface area contributed by atoms with Crippen LogP contribution in [-0.2, 0) is 17.6 Å². The molecule has 2 aromatic rings. The Kier molecular flexibility index (Phi) is 8.38. The number of aliphatic carboxylic acids is 1. The molecule has 7 heteroatoms. The third-order valence-corrected chi connectivity index (χ3v) is 6.86. The molecule has 0 saturated carbocycles. The van der Waals surface area contributed by atoms with Crippen LogP contribution in [-0.4, -0.2) is 51.7 Å². The van der Waals surface area contributed by atoms with Gasteiger partial charge in [-0.3, -0.25) is 9.69 Å². The van der Waals surface area contributed by atoms with Crippen molar-refractivity contribution in [1.82, 2.24) is 14.9 Å². The van der Waals surface area contributed by atoms with Crippen LogP contribution in [0, 0.1) is 5.92 Å². The van der Waals surface area contributed by atoms with Crippen molar-refractivity contribution in [3.63, 3.8) is 0 Å². The molecule has 34 heavy (non-hydrogen) atoms. The fourth-order valence-corrected chi connectivity index (χ4v) is 5.18. The van der Waals surface area contributed by atoms with Gasteiger partial charge in [0, 0.05) is 30.5 Å². The monoisotopic (exact) mass is 466 g/mol. The number of unbranched alkanes of at least 4 members (excludes halogenated alkanes) is 2. The van der Waals surface area contributed by atoms with E-state index in [9.17, 15) is 9.90 Å². The number of carboxylic acids is 1. The molecule has 4 rings (SSSR count). The zero-order valence-corrected chi connectivity index (χ0v) is 20.5. The maximum Gasteiger partial charge on any atom is 0.325 e. The molecule has 0 aromatic carbocycles. The van der Waals surface area contributed by atoms with Crippen molar-refractivity contribution < 1.29 is 14.6 Å². The number of rotatable bonds is 11. The van der Waals surface area contributed by atoms with E-state index in [-0.39, 0.29) is 6.10 Å². The second kappa shape index (κ2) is 11.6. The number of fused-ring (bicyclic) bond motifs is 1. The molecule has 0 bridgehead atoms. The molecule has 0 amide bonds. The van der Waals surface area contributed by atoms with Gasteiger partial charge in [0.25, 0.3) is 0 Å². The zero-order valence-electron chi connectivity index (χ0n) is 20.5. The SMILES string of the molecule is CC(C)Oc1ncccc1C(C(=O)O)N1CCC(CCCCCc2ccc3c(n2)NCCC3)C1. The van der Waals surface area contributed by atoms with Crippen LogP contribution in [0.15, 0.2) is 30.5 Å². The number of carboxylic acid groups (broad SMARTS) is 1. The molecule has 2 N–H and O–H groups in total. The number of nitrogens with one attached hydrogen (secondary N) is 1. The minimum Gasteiger partial charge on any atom is -0.480 e. The van der Waals surface area contributed by atoms with Crippen molar-refractivity contribution >= 4 is 11.8 Å². The second-order valence-corrected chi connectivity index (χ2v) is 9.89. The number of likely N-dealkylation sites (tertiary alicyclic amines) is 1. The number of ether oxygens (including phenoxy) is 1. The lowest BCUT2D eigenvalue weighted by Gasteiger charge is -2.26. The average Bonchev–Trinajstić information content (AvgIpc) is 3.27. The third-order valence-electron chi connectivity index (χ3n) is 6.86. The van der Waals surface area contributed by atoms with Gasteiger partial charge in [-0.2, -0.15) is 0 Å². The molecule has 0 radical (unpaired) electrons. The van der Waals surface area contributed by atoms with Crippen LogP contribution in [0.1, 0.15) is 75.2 Å². The predicted octanol–water partition coefficient (Wildman–Crippen LogP) is 4.87. The van der Waals surface area contributed by atoms with Crippen molar-refractivity contribution in [2.45, 2.75) is 77.4 Å². The molecule has 2 aliphatic rings. The Morgan fingerprint density at radius 3 is 2.97 bits per heavy atom. The van der Waals surface area contributed by atoms with Crippen LogP contribution in [0.5, 0.6) is 5.88 Å². The summed E-state index contributed by atoms with van der Waals surface area (Å²) >= 11 is 0. The zero-order chi connectivity index (χ0) is 23.9. The smallest absolute Gasteiger partial charge is 0.325 e. The molecule has 2 aromatic heterocycles. The number of hydrogen-bond acceptors (Lipinski definition) is 6.